The van der Waals surface area contributed by atoms with Gasteiger partial charge in [-0.2, -0.15) is 0 Å². The summed E-state index contributed by atoms with van der Waals surface area (Å²) in [4.78, 5) is 21.1. The first-order chi connectivity index (χ1) is 8.69. The van der Waals surface area contributed by atoms with Crippen molar-refractivity contribution in [1.29, 1.82) is 0 Å². The zero-order valence-corrected chi connectivity index (χ0v) is 9.34. The number of hydrogen-bond donors (Lipinski definition) is 0. The summed E-state index contributed by atoms with van der Waals surface area (Å²) in [6.45, 7) is -0.0452. The average Bonchev–Trinajstić information content (AvgIpc) is 3.20. The molecule has 1 heterocycles. The minimum absolute atomic E-state index is 0.0452. The van der Waals surface area contributed by atoms with Crippen LogP contribution in [0.2, 0.25) is 0 Å². The van der Waals surface area contributed by atoms with E-state index in [1.54, 1.807) is 12.0 Å². The fourth-order valence-electron chi connectivity index (χ4n) is 1.99. The molecule has 1 aromatic rings. The Balaban J connectivity index is 2.10. The second-order valence-electron chi connectivity index (χ2n) is 4.31. The maximum Gasteiger partial charge on any atom is 0.276 e. The molecule has 0 aromatic heterocycles. The molecule has 0 unspecified atom stereocenters. The molecule has 2 aliphatic rings. The summed E-state index contributed by atoms with van der Waals surface area (Å²) < 4.78 is 10.5. The summed E-state index contributed by atoms with van der Waals surface area (Å²) in [5.74, 6) is 2.55. The van der Waals surface area contributed by atoms with Crippen molar-refractivity contribution in [1.82, 2.24) is 0 Å². The number of nitro benzene ring substituents is 1. The number of nitrogens with zero attached hydrogens (tertiary/aromatic N) is 1. The van der Waals surface area contributed by atoms with Crippen LogP contribution in [0.1, 0.15) is 24.3 Å². The van der Waals surface area contributed by atoms with Crippen LogP contribution < -0.4 is 9.47 Å². The molecule has 1 aliphatic heterocycles. The number of carbonyl (C=O) groups excluding carboxylic acids is 1. The van der Waals surface area contributed by atoms with E-state index in [1.807, 2.05) is 0 Å². The van der Waals surface area contributed by atoms with E-state index in [0.717, 1.165) is 12.8 Å². The molecule has 1 fully saturated rings. The van der Waals surface area contributed by atoms with E-state index >= 15 is 0 Å². The third kappa shape index (κ3) is 1.72. The second-order valence-corrected chi connectivity index (χ2v) is 4.31. The van der Waals surface area contributed by atoms with Gasteiger partial charge in [0.1, 0.15) is 0 Å². The molecule has 0 saturated heterocycles. The molecule has 6 nitrogen and oxygen atoms in total. The zero-order chi connectivity index (χ0) is 12.7. The Labute approximate surface area is 102 Å². The van der Waals surface area contributed by atoms with Crippen molar-refractivity contribution in [3.05, 3.63) is 33.6 Å². The van der Waals surface area contributed by atoms with E-state index < -0.39 is 4.92 Å². The van der Waals surface area contributed by atoms with E-state index in [2.05, 4.69) is 0 Å². The van der Waals surface area contributed by atoms with Crippen molar-refractivity contribution >= 4 is 11.6 Å². The number of fused-ring (bicyclic) bond motifs is 1. The van der Waals surface area contributed by atoms with E-state index in [0.29, 0.717) is 17.1 Å². The van der Waals surface area contributed by atoms with E-state index in [4.69, 9.17) is 9.47 Å². The van der Waals surface area contributed by atoms with Crippen LogP contribution in [0.5, 0.6) is 11.5 Å². The SMILES string of the molecule is O=C=C1COc2cc([N+](=O)[O-])c(C3CC3)cc2O1. The van der Waals surface area contributed by atoms with Gasteiger partial charge in [-0.1, -0.05) is 0 Å². The highest BCUT2D eigenvalue weighted by Gasteiger charge is 2.33. The molecule has 18 heavy (non-hydrogen) atoms. The van der Waals surface area contributed by atoms with E-state index in [1.165, 1.54) is 6.07 Å². The molecule has 0 amide bonds. The van der Waals surface area contributed by atoms with Gasteiger partial charge in [0.2, 0.25) is 5.76 Å². The van der Waals surface area contributed by atoms with Gasteiger partial charge in [0.05, 0.1) is 11.0 Å². The monoisotopic (exact) mass is 247 g/mol. The second kappa shape index (κ2) is 3.85. The topological polar surface area (TPSA) is 78.7 Å². The smallest absolute Gasteiger partial charge is 0.276 e. The maximum absolute atomic E-state index is 11.0. The van der Waals surface area contributed by atoms with Crippen molar-refractivity contribution < 1.29 is 19.2 Å². The lowest BCUT2D eigenvalue weighted by Crippen LogP contribution is -2.15. The molecule has 0 N–H and O–H groups in total. The summed E-state index contributed by atoms with van der Waals surface area (Å²) in [6, 6.07) is 2.96. The number of ether oxygens (including phenoxy) is 2. The summed E-state index contributed by atoms with van der Waals surface area (Å²) in [5.41, 5.74) is 0.702. The van der Waals surface area contributed by atoms with Crippen molar-refractivity contribution in [2.24, 2.45) is 0 Å². The van der Waals surface area contributed by atoms with Crippen LogP contribution in [-0.2, 0) is 4.79 Å². The molecular weight excluding hydrogens is 238 g/mol. The summed E-state index contributed by atoms with van der Waals surface area (Å²) in [7, 11) is 0. The van der Waals surface area contributed by atoms with Gasteiger partial charge in [-0.05, 0) is 24.8 Å². The van der Waals surface area contributed by atoms with Crippen LogP contribution >= 0.6 is 0 Å². The van der Waals surface area contributed by atoms with Crippen LogP contribution in [-0.4, -0.2) is 17.5 Å². The first kappa shape index (κ1) is 10.8. The first-order valence-corrected chi connectivity index (χ1v) is 5.56. The Hall–Kier alpha value is -2.33. The summed E-state index contributed by atoms with van der Waals surface area (Å²) in [6.07, 6.45) is 1.88. The minimum Gasteiger partial charge on any atom is -0.481 e. The zero-order valence-electron chi connectivity index (χ0n) is 9.34. The predicted molar refractivity (Wildman–Crippen MR) is 60.4 cm³/mol. The minimum atomic E-state index is -0.414. The maximum atomic E-state index is 11.0. The number of hydrogen-bond acceptors (Lipinski definition) is 5. The Kier molecular flexibility index (Phi) is 2.31. The Morgan fingerprint density at radius 2 is 2.11 bits per heavy atom. The van der Waals surface area contributed by atoms with Crippen LogP contribution in [0.4, 0.5) is 5.69 Å². The first-order valence-electron chi connectivity index (χ1n) is 5.56. The molecule has 6 heteroatoms. The molecule has 3 rings (SSSR count). The Bertz CT molecular complexity index is 584. The largest absolute Gasteiger partial charge is 0.481 e. The molecule has 0 bridgehead atoms. The number of benzene rings is 1. The number of rotatable bonds is 2. The molecule has 1 aromatic carbocycles. The van der Waals surface area contributed by atoms with Crippen LogP contribution in [0.25, 0.3) is 0 Å². The predicted octanol–water partition coefficient (Wildman–Crippen LogP) is 1.96. The summed E-state index contributed by atoms with van der Waals surface area (Å²) >= 11 is 0. The average molecular weight is 247 g/mol. The highest BCUT2D eigenvalue weighted by Crippen LogP contribution is 2.48. The normalized spacial score (nSPS) is 17.2. The van der Waals surface area contributed by atoms with Gasteiger partial charge >= 0.3 is 0 Å². The highest BCUT2D eigenvalue weighted by atomic mass is 16.6. The van der Waals surface area contributed by atoms with Gasteiger partial charge in [-0.3, -0.25) is 10.1 Å². The van der Waals surface area contributed by atoms with E-state index in [9.17, 15) is 14.9 Å². The molecule has 1 saturated carbocycles. The van der Waals surface area contributed by atoms with Crippen molar-refractivity contribution in [2.75, 3.05) is 6.61 Å². The Morgan fingerprint density at radius 3 is 2.72 bits per heavy atom. The van der Waals surface area contributed by atoms with Crippen LogP contribution in [0.15, 0.2) is 17.9 Å². The lowest BCUT2D eigenvalue weighted by molar-refractivity contribution is -0.385. The molecule has 0 spiro atoms. The van der Waals surface area contributed by atoms with Gasteiger partial charge in [0.25, 0.3) is 5.69 Å². The Morgan fingerprint density at radius 1 is 1.33 bits per heavy atom. The van der Waals surface area contributed by atoms with Crippen molar-refractivity contribution in [3.63, 3.8) is 0 Å². The standard InChI is InChI=1S/C12H9NO5/c14-5-8-6-17-11-4-10(13(15)16)9(7-1-2-7)3-12(11)18-8/h3-4,7H,1-2,6H2. The molecule has 0 radical (unpaired) electrons. The van der Waals surface area contributed by atoms with Crippen molar-refractivity contribution in [2.45, 2.75) is 18.8 Å². The van der Waals surface area contributed by atoms with Crippen LogP contribution in [0.3, 0.4) is 0 Å². The fourth-order valence-corrected chi connectivity index (χ4v) is 1.99. The van der Waals surface area contributed by atoms with Gasteiger partial charge in [0, 0.05) is 5.56 Å². The van der Waals surface area contributed by atoms with Gasteiger partial charge < -0.3 is 9.47 Å². The lowest BCUT2D eigenvalue weighted by Gasteiger charge is -2.19. The van der Waals surface area contributed by atoms with Crippen LogP contribution in [0, 0.1) is 10.1 Å². The van der Waals surface area contributed by atoms with Gasteiger partial charge in [-0.15, -0.1) is 0 Å². The molecule has 1 aliphatic carbocycles. The molecular formula is C12H9NO5. The number of nitro groups is 1. The van der Waals surface area contributed by atoms with Gasteiger partial charge in [0.15, 0.2) is 24.0 Å². The van der Waals surface area contributed by atoms with Crippen molar-refractivity contribution in [3.8, 4) is 11.5 Å². The summed E-state index contributed by atoms with van der Waals surface area (Å²) in [5, 5.41) is 11.0. The lowest BCUT2D eigenvalue weighted by atomic mass is 10.1. The fraction of sp³-hybridized carbons (Fsp3) is 0.333. The highest BCUT2D eigenvalue weighted by molar-refractivity contribution is 5.60. The molecule has 92 valence electrons. The van der Waals surface area contributed by atoms with E-state index in [-0.39, 0.29) is 24.0 Å². The quantitative estimate of drug-likeness (QED) is 0.453. The van der Waals surface area contributed by atoms with Gasteiger partial charge in [-0.25, -0.2) is 4.79 Å². The third-order valence-corrected chi connectivity index (χ3v) is 3.01. The third-order valence-electron chi connectivity index (χ3n) is 3.01. The molecule has 0 atom stereocenters.